The van der Waals surface area contributed by atoms with Crippen molar-refractivity contribution in [3.63, 3.8) is 0 Å². The second-order valence-corrected chi connectivity index (χ2v) is 3.42. The first kappa shape index (κ1) is 11.4. The van der Waals surface area contributed by atoms with Gasteiger partial charge in [0.25, 0.3) is 0 Å². The first-order valence-electron chi connectivity index (χ1n) is 3.98. The molecule has 0 bridgehead atoms. The van der Waals surface area contributed by atoms with Crippen LogP contribution in [0, 0.1) is 16.7 Å². The molecule has 0 unspecified atom stereocenters. The molecule has 0 atom stereocenters. The fourth-order valence-electron chi connectivity index (χ4n) is 0.694. The predicted octanol–water partition coefficient (Wildman–Crippen LogP) is 0.576. The molecule has 0 aliphatic heterocycles. The molecule has 0 spiro atoms. The molecule has 0 aromatic carbocycles. The number of nitrogens with two attached hydrogens (primary N) is 2. The Labute approximate surface area is 78.1 Å². The van der Waals surface area contributed by atoms with Crippen molar-refractivity contribution in [1.29, 1.82) is 5.26 Å². The highest BCUT2D eigenvalue weighted by molar-refractivity contribution is 5.76. The van der Waals surface area contributed by atoms with Gasteiger partial charge in [-0.25, -0.2) is 0 Å². The zero-order valence-electron chi connectivity index (χ0n) is 7.99. The molecule has 0 aliphatic carbocycles. The van der Waals surface area contributed by atoms with Crippen LogP contribution in [0.5, 0.6) is 0 Å². The number of hydrogen-bond acceptors (Lipinski definition) is 3. The van der Waals surface area contributed by atoms with Crippen LogP contribution in [-0.2, 0) is 0 Å². The summed E-state index contributed by atoms with van der Waals surface area (Å²) in [5, 5.41) is 15.6. The monoisotopic (exact) mass is 181 g/mol. The first-order chi connectivity index (χ1) is 5.98. The third kappa shape index (κ3) is 6.81. The summed E-state index contributed by atoms with van der Waals surface area (Å²) in [5.41, 5.74) is 10.0. The molecule has 4 N–H and O–H groups in total. The van der Waals surface area contributed by atoms with Gasteiger partial charge in [-0.3, -0.25) is 0 Å². The topological polar surface area (TPSA) is 101 Å². The minimum absolute atomic E-state index is 0.0627. The van der Waals surface area contributed by atoms with Crippen LogP contribution in [0.15, 0.2) is 10.2 Å². The number of hydrogen-bond donors (Lipinski definition) is 2. The maximum absolute atomic E-state index is 8.38. The van der Waals surface area contributed by atoms with E-state index in [1.54, 1.807) is 6.21 Å². The Morgan fingerprint density at radius 2 is 2.15 bits per heavy atom. The summed E-state index contributed by atoms with van der Waals surface area (Å²) < 4.78 is 0. The summed E-state index contributed by atoms with van der Waals surface area (Å²) in [6.45, 7) is 3.94. The maximum atomic E-state index is 8.38. The van der Waals surface area contributed by atoms with Gasteiger partial charge in [-0.15, -0.1) is 5.10 Å². The van der Waals surface area contributed by atoms with E-state index in [1.165, 1.54) is 0 Å². The van der Waals surface area contributed by atoms with E-state index in [9.17, 15) is 0 Å². The Morgan fingerprint density at radius 1 is 1.54 bits per heavy atom. The minimum atomic E-state index is -0.144. The number of rotatable bonds is 4. The van der Waals surface area contributed by atoms with E-state index in [0.29, 0.717) is 6.42 Å². The lowest BCUT2D eigenvalue weighted by molar-refractivity contribution is 0.494. The zero-order valence-corrected chi connectivity index (χ0v) is 7.99. The van der Waals surface area contributed by atoms with E-state index >= 15 is 0 Å². The molecule has 0 amide bonds. The summed E-state index contributed by atoms with van der Waals surface area (Å²) >= 11 is 0. The van der Waals surface area contributed by atoms with Crippen LogP contribution in [-0.4, -0.2) is 12.2 Å². The third-order valence-electron chi connectivity index (χ3n) is 1.46. The van der Waals surface area contributed by atoms with Crippen molar-refractivity contribution in [3.8, 4) is 6.07 Å². The molecule has 72 valence electrons. The van der Waals surface area contributed by atoms with Crippen molar-refractivity contribution < 1.29 is 0 Å². The number of guanidine groups is 1. The van der Waals surface area contributed by atoms with Gasteiger partial charge in [0.1, 0.15) is 0 Å². The summed E-state index contributed by atoms with van der Waals surface area (Å²) in [5.74, 6) is -0.0627. The van der Waals surface area contributed by atoms with Gasteiger partial charge >= 0.3 is 0 Å². The Kier molecular flexibility index (Phi) is 4.52. The molecule has 0 radical (unpaired) electrons. The summed E-state index contributed by atoms with van der Waals surface area (Å²) in [7, 11) is 0. The quantitative estimate of drug-likeness (QED) is 0.376. The molecule has 0 saturated carbocycles. The smallest absolute Gasteiger partial charge is 0.211 e. The third-order valence-corrected chi connectivity index (χ3v) is 1.46. The van der Waals surface area contributed by atoms with Crippen molar-refractivity contribution in [2.75, 3.05) is 0 Å². The lowest BCUT2D eigenvalue weighted by atomic mass is 9.90. The van der Waals surface area contributed by atoms with Gasteiger partial charge in [-0.2, -0.15) is 10.4 Å². The van der Waals surface area contributed by atoms with E-state index < -0.39 is 0 Å². The summed E-state index contributed by atoms with van der Waals surface area (Å²) in [6, 6.07) is 2.08. The SMILES string of the molecule is CC(C)(/C=N/N=C(N)N)CCC#N. The first-order valence-corrected chi connectivity index (χ1v) is 3.98. The second kappa shape index (κ2) is 5.14. The standard InChI is InChI=1S/C8H15N5/c1-8(2,4-3-5-9)6-12-13-7(10)11/h6H,3-4H2,1-2H3,(H4,10,11,13)/b12-6+. The lowest BCUT2D eigenvalue weighted by Gasteiger charge is -2.15. The van der Waals surface area contributed by atoms with Crippen LogP contribution in [0.1, 0.15) is 26.7 Å². The molecular formula is C8H15N5. The molecule has 5 heteroatoms. The normalized spacial score (nSPS) is 11.2. The molecule has 13 heavy (non-hydrogen) atoms. The van der Waals surface area contributed by atoms with Gasteiger partial charge in [0.05, 0.1) is 6.07 Å². The van der Waals surface area contributed by atoms with E-state index in [2.05, 4.69) is 16.3 Å². The molecule has 0 aromatic rings. The van der Waals surface area contributed by atoms with Crippen LogP contribution in [0.2, 0.25) is 0 Å². The Balaban J connectivity index is 4.09. The Hall–Kier alpha value is -1.57. The van der Waals surface area contributed by atoms with E-state index in [4.69, 9.17) is 16.7 Å². The van der Waals surface area contributed by atoms with Gasteiger partial charge in [-0.1, -0.05) is 13.8 Å². The van der Waals surface area contributed by atoms with Gasteiger partial charge < -0.3 is 11.5 Å². The van der Waals surface area contributed by atoms with Crippen molar-refractivity contribution in [3.05, 3.63) is 0 Å². The van der Waals surface area contributed by atoms with E-state index in [0.717, 1.165) is 6.42 Å². The highest BCUT2D eigenvalue weighted by atomic mass is 15.3. The predicted molar refractivity (Wildman–Crippen MR) is 52.9 cm³/mol. The van der Waals surface area contributed by atoms with E-state index in [-0.39, 0.29) is 11.4 Å². The van der Waals surface area contributed by atoms with Crippen LogP contribution >= 0.6 is 0 Å². The molecule has 0 rings (SSSR count). The highest BCUT2D eigenvalue weighted by Crippen LogP contribution is 2.18. The van der Waals surface area contributed by atoms with Gasteiger partial charge in [0, 0.05) is 18.1 Å². The van der Waals surface area contributed by atoms with Crippen molar-refractivity contribution in [1.82, 2.24) is 0 Å². The molecule has 0 aliphatic rings. The second-order valence-electron chi connectivity index (χ2n) is 3.42. The number of nitriles is 1. The summed E-state index contributed by atoms with van der Waals surface area (Å²) in [6.07, 6.45) is 2.89. The molecule has 0 fully saturated rings. The fourth-order valence-corrected chi connectivity index (χ4v) is 0.694. The molecule has 5 nitrogen and oxygen atoms in total. The average Bonchev–Trinajstić information content (AvgIpc) is 2.00. The lowest BCUT2D eigenvalue weighted by Crippen LogP contribution is -2.22. The fraction of sp³-hybridized carbons (Fsp3) is 0.625. The van der Waals surface area contributed by atoms with Crippen molar-refractivity contribution in [2.24, 2.45) is 27.1 Å². The molecule has 0 aromatic heterocycles. The Morgan fingerprint density at radius 3 is 2.62 bits per heavy atom. The largest absolute Gasteiger partial charge is 0.369 e. The van der Waals surface area contributed by atoms with Gasteiger partial charge in [0.2, 0.25) is 5.96 Å². The van der Waals surface area contributed by atoms with E-state index in [1.807, 2.05) is 13.8 Å². The van der Waals surface area contributed by atoms with Gasteiger partial charge in [0.15, 0.2) is 0 Å². The molecular weight excluding hydrogens is 166 g/mol. The van der Waals surface area contributed by atoms with Crippen LogP contribution in [0.4, 0.5) is 0 Å². The summed E-state index contributed by atoms with van der Waals surface area (Å²) in [4.78, 5) is 0. The maximum Gasteiger partial charge on any atom is 0.211 e. The van der Waals surface area contributed by atoms with Gasteiger partial charge in [-0.05, 0) is 6.42 Å². The van der Waals surface area contributed by atoms with Crippen LogP contribution in [0.25, 0.3) is 0 Å². The average molecular weight is 181 g/mol. The minimum Gasteiger partial charge on any atom is -0.369 e. The molecule has 0 heterocycles. The highest BCUT2D eigenvalue weighted by Gasteiger charge is 2.13. The molecule has 0 saturated heterocycles. The van der Waals surface area contributed by atoms with Crippen LogP contribution < -0.4 is 11.5 Å². The van der Waals surface area contributed by atoms with Crippen LogP contribution in [0.3, 0.4) is 0 Å². The Bertz CT molecular complexity index is 242. The number of nitrogens with zero attached hydrogens (tertiary/aromatic N) is 3. The zero-order chi connectivity index (χ0) is 10.3. The van der Waals surface area contributed by atoms with Crippen molar-refractivity contribution in [2.45, 2.75) is 26.7 Å². The van der Waals surface area contributed by atoms with Crippen molar-refractivity contribution >= 4 is 12.2 Å².